The molecule has 2 unspecified atom stereocenters. The first kappa shape index (κ1) is 16.7. The molecule has 128 valence electrons. The molecule has 0 spiro atoms. The number of benzene rings is 1. The molecule has 1 saturated carbocycles. The molecule has 1 N–H and O–H groups in total. The standard InChI is InChI=1S/C17H22F3NO2/c18-17(19,20)14-5-1-12(2-6-14)9-15(22)10-21-7-8-23-11-16(21)13-3-4-13/h1-2,5-6,13,15-16,22H,3-4,7-11H2. The van der Waals surface area contributed by atoms with Gasteiger partial charge >= 0.3 is 6.18 Å². The zero-order valence-electron chi connectivity index (χ0n) is 12.9. The molecule has 1 aliphatic carbocycles. The Balaban J connectivity index is 1.55. The molecule has 2 atom stereocenters. The number of morpholine rings is 1. The summed E-state index contributed by atoms with van der Waals surface area (Å²) in [5.41, 5.74) is 0.0689. The molecule has 3 nitrogen and oxygen atoms in total. The highest BCUT2D eigenvalue weighted by Gasteiger charge is 2.37. The second-order valence-electron chi connectivity index (χ2n) is 6.53. The molecule has 2 fully saturated rings. The third-order valence-corrected chi connectivity index (χ3v) is 4.64. The van der Waals surface area contributed by atoms with Crippen LogP contribution in [0, 0.1) is 5.92 Å². The molecule has 1 aromatic rings. The minimum absolute atomic E-state index is 0.368. The topological polar surface area (TPSA) is 32.7 Å². The summed E-state index contributed by atoms with van der Waals surface area (Å²) in [5.74, 6) is 0.675. The monoisotopic (exact) mass is 329 g/mol. The van der Waals surface area contributed by atoms with Crippen molar-refractivity contribution in [2.45, 2.75) is 37.6 Å². The Morgan fingerprint density at radius 3 is 2.52 bits per heavy atom. The van der Waals surface area contributed by atoms with Crippen LogP contribution < -0.4 is 0 Å². The number of hydrogen-bond acceptors (Lipinski definition) is 3. The smallest absolute Gasteiger partial charge is 0.391 e. The van der Waals surface area contributed by atoms with Crippen LogP contribution in [0.5, 0.6) is 0 Å². The fourth-order valence-electron chi connectivity index (χ4n) is 3.24. The molecular formula is C17H22F3NO2. The van der Waals surface area contributed by atoms with Crippen LogP contribution in [0.1, 0.15) is 24.0 Å². The summed E-state index contributed by atoms with van der Waals surface area (Å²) < 4.78 is 43.2. The summed E-state index contributed by atoms with van der Waals surface area (Å²) in [7, 11) is 0. The molecular weight excluding hydrogens is 307 g/mol. The van der Waals surface area contributed by atoms with Crippen molar-refractivity contribution in [3.05, 3.63) is 35.4 Å². The molecule has 1 saturated heterocycles. The van der Waals surface area contributed by atoms with Gasteiger partial charge in [0.2, 0.25) is 0 Å². The average molecular weight is 329 g/mol. The van der Waals surface area contributed by atoms with Gasteiger partial charge in [0.15, 0.2) is 0 Å². The Morgan fingerprint density at radius 2 is 1.91 bits per heavy atom. The maximum atomic E-state index is 12.5. The van der Waals surface area contributed by atoms with Crippen molar-refractivity contribution in [2.75, 3.05) is 26.3 Å². The van der Waals surface area contributed by atoms with E-state index in [2.05, 4.69) is 4.90 Å². The minimum atomic E-state index is -4.32. The van der Waals surface area contributed by atoms with Gasteiger partial charge in [-0.2, -0.15) is 13.2 Å². The summed E-state index contributed by atoms with van der Waals surface area (Å²) in [6, 6.07) is 5.42. The van der Waals surface area contributed by atoms with Gasteiger partial charge in [-0.25, -0.2) is 0 Å². The third-order valence-electron chi connectivity index (χ3n) is 4.64. The predicted octanol–water partition coefficient (Wildman–Crippen LogP) is 2.72. The third kappa shape index (κ3) is 4.46. The van der Waals surface area contributed by atoms with Gasteiger partial charge in [0.05, 0.1) is 24.9 Å². The van der Waals surface area contributed by atoms with E-state index in [0.29, 0.717) is 31.5 Å². The van der Waals surface area contributed by atoms with Crippen LogP contribution in [-0.4, -0.2) is 48.5 Å². The van der Waals surface area contributed by atoms with Crippen LogP contribution >= 0.6 is 0 Å². The Bertz CT molecular complexity index is 514. The number of alkyl halides is 3. The summed E-state index contributed by atoms with van der Waals surface area (Å²) >= 11 is 0. The van der Waals surface area contributed by atoms with Gasteiger partial charge in [-0.15, -0.1) is 0 Å². The molecule has 1 aliphatic heterocycles. The maximum absolute atomic E-state index is 12.5. The summed E-state index contributed by atoms with van der Waals surface area (Å²) in [4.78, 5) is 2.27. The lowest BCUT2D eigenvalue weighted by molar-refractivity contribution is -0.137. The van der Waals surface area contributed by atoms with E-state index < -0.39 is 17.8 Å². The zero-order chi connectivity index (χ0) is 16.4. The van der Waals surface area contributed by atoms with Gasteiger partial charge in [-0.3, -0.25) is 4.90 Å². The number of nitrogens with zero attached hydrogens (tertiary/aromatic N) is 1. The number of hydrogen-bond donors (Lipinski definition) is 1. The highest BCUT2D eigenvalue weighted by atomic mass is 19.4. The Morgan fingerprint density at radius 1 is 1.22 bits per heavy atom. The van der Waals surface area contributed by atoms with Gasteiger partial charge in [-0.05, 0) is 42.9 Å². The van der Waals surface area contributed by atoms with Gasteiger partial charge in [0.1, 0.15) is 0 Å². The highest BCUT2D eigenvalue weighted by molar-refractivity contribution is 5.25. The van der Waals surface area contributed by atoms with Crippen molar-refractivity contribution in [2.24, 2.45) is 5.92 Å². The number of aliphatic hydroxyl groups excluding tert-OH is 1. The molecule has 2 aliphatic rings. The van der Waals surface area contributed by atoms with E-state index in [-0.39, 0.29) is 0 Å². The normalized spacial score (nSPS) is 24.6. The van der Waals surface area contributed by atoms with Crippen molar-refractivity contribution in [3.8, 4) is 0 Å². The van der Waals surface area contributed by atoms with Crippen LogP contribution in [0.25, 0.3) is 0 Å². The van der Waals surface area contributed by atoms with Crippen LogP contribution in [0.2, 0.25) is 0 Å². The average Bonchev–Trinajstić information content (AvgIpc) is 3.32. The van der Waals surface area contributed by atoms with E-state index in [9.17, 15) is 18.3 Å². The van der Waals surface area contributed by atoms with Crippen molar-refractivity contribution in [1.82, 2.24) is 4.90 Å². The lowest BCUT2D eigenvalue weighted by Gasteiger charge is -2.37. The molecule has 6 heteroatoms. The van der Waals surface area contributed by atoms with Crippen LogP contribution in [-0.2, 0) is 17.3 Å². The van der Waals surface area contributed by atoms with Crippen molar-refractivity contribution < 1.29 is 23.0 Å². The number of β-amino-alcohol motifs (C(OH)–C–C–N with tert-alkyl or cyclic N) is 1. The van der Waals surface area contributed by atoms with Crippen LogP contribution in [0.4, 0.5) is 13.2 Å². The lowest BCUT2D eigenvalue weighted by atomic mass is 10.0. The SMILES string of the molecule is OC(Cc1ccc(C(F)(F)F)cc1)CN1CCOCC1C1CC1. The number of ether oxygens (including phenoxy) is 1. The lowest BCUT2D eigenvalue weighted by Crippen LogP contribution is -2.49. The molecule has 0 bridgehead atoms. The van der Waals surface area contributed by atoms with Crippen molar-refractivity contribution in [1.29, 1.82) is 0 Å². The molecule has 23 heavy (non-hydrogen) atoms. The highest BCUT2D eigenvalue weighted by Crippen LogP contribution is 2.36. The fourth-order valence-corrected chi connectivity index (χ4v) is 3.24. The van der Waals surface area contributed by atoms with Crippen molar-refractivity contribution in [3.63, 3.8) is 0 Å². The largest absolute Gasteiger partial charge is 0.416 e. The van der Waals surface area contributed by atoms with E-state index in [1.54, 1.807) is 0 Å². The van der Waals surface area contributed by atoms with E-state index >= 15 is 0 Å². The number of halogens is 3. The number of rotatable bonds is 5. The van der Waals surface area contributed by atoms with Gasteiger partial charge < -0.3 is 9.84 Å². The molecule has 0 radical (unpaired) electrons. The molecule has 3 rings (SSSR count). The first-order chi connectivity index (χ1) is 10.9. The second-order valence-corrected chi connectivity index (χ2v) is 6.53. The van der Waals surface area contributed by atoms with Gasteiger partial charge in [0, 0.05) is 19.1 Å². The van der Waals surface area contributed by atoms with Crippen LogP contribution in [0.15, 0.2) is 24.3 Å². The number of aliphatic hydroxyl groups is 1. The van der Waals surface area contributed by atoms with E-state index in [1.165, 1.54) is 25.0 Å². The Labute approximate surface area is 134 Å². The van der Waals surface area contributed by atoms with Crippen molar-refractivity contribution >= 4 is 0 Å². The second kappa shape index (κ2) is 6.79. The quantitative estimate of drug-likeness (QED) is 0.902. The van der Waals surface area contributed by atoms with E-state index in [1.807, 2.05) is 0 Å². The summed E-state index contributed by atoms with van der Waals surface area (Å²) in [6.07, 6.45) is -2.08. The molecule has 0 amide bonds. The molecule has 0 aromatic heterocycles. The summed E-state index contributed by atoms with van der Waals surface area (Å²) in [5, 5.41) is 10.3. The first-order valence-corrected chi connectivity index (χ1v) is 8.09. The molecule has 1 heterocycles. The zero-order valence-corrected chi connectivity index (χ0v) is 12.9. The van der Waals surface area contributed by atoms with Gasteiger partial charge in [-0.1, -0.05) is 12.1 Å². The maximum Gasteiger partial charge on any atom is 0.416 e. The Kier molecular flexibility index (Phi) is 4.94. The van der Waals surface area contributed by atoms with Gasteiger partial charge in [0.25, 0.3) is 0 Å². The summed E-state index contributed by atoms with van der Waals surface area (Å²) in [6.45, 7) is 2.75. The van der Waals surface area contributed by atoms with E-state index in [0.717, 1.165) is 30.8 Å². The van der Waals surface area contributed by atoms with E-state index in [4.69, 9.17) is 4.74 Å². The van der Waals surface area contributed by atoms with Crippen LogP contribution in [0.3, 0.4) is 0 Å². The first-order valence-electron chi connectivity index (χ1n) is 8.09. The fraction of sp³-hybridized carbons (Fsp3) is 0.647. The predicted molar refractivity (Wildman–Crippen MR) is 80.1 cm³/mol. The Hall–Kier alpha value is -1.11. The molecule has 1 aromatic carbocycles. The minimum Gasteiger partial charge on any atom is -0.391 e.